The van der Waals surface area contributed by atoms with Crippen molar-refractivity contribution in [2.45, 2.75) is 42.0 Å². The number of nitrogens with zero attached hydrogens (tertiary/aromatic N) is 1. The third-order valence-electron chi connectivity index (χ3n) is 3.59. The van der Waals surface area contributed by atoms with Crippen molar-refractivity contribution in [2.75, 3.05) is 7.05 Å². The van der Waals surface area contributed by atoms with Crippen LogP contribution < -0.4 is 0 Å². The molecule has 112 valence electrons. The number of carboxylic acids is 1. The van der Waals surface area contributed by atoms with Gasteiger partial charge in [0.25, 0.3) is 10.0 Å². The van der Waals surface area contributed by atoms with Crippen molar-refractivity contribution in [3.63, 3.8) is 0 Å². The summed E-state index contributed by atoms with van der Waals surface area (Å²) in [4.78, 5) is 10.8. The molecule has 2 rings (SSSR count). The first kappa shape index (κ1) is 15.4. The molecule has 0 amide bonds. The molecule has 0 aromatic carbocycles. The Bertz CT molecular complexity index is 595. The Hall–Kier alpha value is -0.960. The zero-order valence-electron chi connectivity index (χ0n) is 11.0. The highest BCUT2D eigenvalue weighted by atomic mass is 32.2. The molecule has 0 saturated heterocycles. The van der Waals surface area contributed by atoms with E-state index in [1.54, 1.807) is 0 Å². The summed E-state index contributed by atoms with van der Waals surface area (Å²) in [5.74, 6) is -1.14. The minimum absolute atomic E-state index is 0.00447. The molecule has 0 spiro atoms. The van der Waals surface area contributed by atoms with Gasteiger partial charge in [0, 0.05) is 7.05 Å². The lowest BCUT2D eigenvalue weighted by molar-refractivity contribution is 0.0638. The van der Waals surface area contributed by atoms with E-state index in [9.17, 15) is 18.3 Å². The summed E-state index contributed by atoms with van der Waals surface area (Å²) >= 11 is 0.731. The predicted molar refractivity (Wildman–Crippen MR) is 74.5 cm³/mol. The van der Waals surface area contributed by atoms with Gasteiger partial charge in [0.1, 0.15) is 9.09 Å². The van der Waals surface area contributed by atoms with E-state index in [1.807, 2.05) is 0 Å². The normalized spacial score (nSPS) is 23.9. The van der Waals surface area contributed by atoms with Gasteiger partial charge >= 0.3 is 5.97 Å². The fourth-order valence-corrected chi connectivity index (χ4v) is 5.16. The summed E-state index contributed by atoms with van der Waals surface area (Å²) in [5, 5.41) is 18.8. The summed E-state index contributed by atoms with van der Waals surface area (Å²) < 4.78 is 26.1. The third kappa shape index (κ3) is 2.88. The summed E-state index contributed by atoms with van der Waals surface area (Å²) in [6.07, 6.45) is 2.33. The molecule has 1 heterocycles. The monoisotopic (exact) mass is 319 g/mol. The Labute approximate surface area is 121 Å². The number of aliphatic hydroxyl groups is 1. The summed E-state index contributed by atoms with van der Waals surface area (Å²) in [5.41, 5.74) is 0. The zero-order chi connectivity index (χ0) is 14.9. The molecule has 1 aliphatic carbocycles. The average molecular weight is 319 g/mol. The number of hydrogen-bond acceptors (Lipinski definition) is 5. The van der Waals surface area contributed by atoms with Crippen LogP contribution in [-0.4, -0.2) is 48.1 Å². The van der Waals surface area contributed by atoms with E-state index in [0.717, 1.165) is 24.2 Å². The smallest absolute Gasteiger partial charge is 0.345 e. The second-order valence-corrected chi connectivity index (χ2v) is 8.17. The van der Waals surface area contributed by atoms with Crippen LogP contribution >= 0.6 is 11.3 Å². The molecule has 0 aliphatic heterocycles. The Morgan fingerprint density at radius 1 is 1.35 bits per heavy atom. The fourth-order valence-electron chi connectivity index (χ4n) is 2.41. The maximum atomic E-state index is 12.4. The lowest BCUT2D eigenvalue weighted by Gasteiger charge is -2.34. The van der Waals surface area contributed by atoms with Crippen LogP contribution in [0, 0.1) is 0 Å². The molecule has 1 aromatic rings. The van der Waals surface area contributed by atoms with Crippen LogP contribution in [0.4, 0.5) is 0 Å². The molecule has 1 saturated carbocycles. The first-order valence-electron chi connectivity index (χ1n) is 6.33. The standard InChI is InChI=1S/C12H17NO5S2/c1-13(8-4-2-3-5-9(8)14)20(17,18)11-7-6-10(19-11)12(15)16/h6-9,14H,2-5H2,1H3,(H,15,16). The number of hydrogen-bond donors (Lipinski definition) is 2. The van der Waals surface area contributed by atoms with E-state index in [0.29, 0.717) is 12.8 Å². The number of carboxylic acid groups (broad SMARTS) is 1. The van der Waals surface area contributed by atoms with Gasteiger partial charge in [0.15, 0.2) is 0 Å². The highest BCUT2D eigenvalue weighted by Crippen LogP contribution is 2.30. The van der Waals surface area contributed by atoms with Crippen LogP contribution in [0.1, 0.15) is 35.4 Å². The topological polar surface area (TPSA) is 94.9 Å². The number of aliphatic hydroxyl groups excluding tert-OH is 1. The van der Waals surface area contributed by atoms with Crippen molar-refractivity contribution in [1.29, 1.82) is 0 Å². The van der Waals surface area contributed by atoms with E-state index in [4.69, 9.17) is 5.11 Å². The third-order valence-corrected chi connectivity index (χ3v) is 7.01. The Morgan fingerprint density at radius 2 is 2.00 bits per heavy atom. The van der Waals surface area contributed by atoms with Gasteiger partial charge in [-0.25, -0.2) is 13.2 Å². The highest BCUT2D eigenvalue weighted by Gasteiger charge is 2.35. The molecule has 6 nitrogen and oxygen atoms in total. The molecule has 1 aromatic heterocycles. The Kier molecular flexibility index (Phi) is 4.48. The van der Waals surface area contributed by atoms with Crippen molar-refractivity contribution < 1.29 is 23.4 Å². The molecule has 0 bridgehead atoms. The van der Waals surface area contributed by atoms with Crippen molar-refractivity contribution >= 4 is 27.3 Å². The highest BCUT2D eigenvalue weighted by molar-refractivity contribution is 7.91. The Morgan fingerprint density at radius 3 is 2.55 bits per heavy atom. The number of aromatic carboxylic acids is 1. The number of thiophene rings is 1. The van der Waals surface area contributed by atoms with Crippen LogP contribution in [0.3, 0.4) is 0 Å². The summed E-state index contributed by atoms with van der Waals surface area (Å²) in [6.45, 7) is 0. The molecule has 2 atom stereocenters. The van der Waals surface area contributed by atoms with Crippen LogP contribution in [-0.2, 0) is 10.0 Å². The molecule has 20 heavy (non-hydrogen) atoms. The largest absolute Gasteiger partial charge is 0.477 e. The van der Waals surface area contributed by atoms with Crippen LogP contribution in [0.25, 0.3) is 0 Å². The predicted octanol–water partition coefficient (Wildman–Crippen LogP) is 1.37. The molecule has 1 aliphatic rings. The first-order chi connectivity index (χ1) is 9.34. The molecule has 0 radical (unpaired) electrons. The summed E-state index contributed by atoms with van der Waals surface area (Å²) in [7, 11) is -2.32. The van der Waals surface area contributed by atoms with E-state index in [-0.39, 0.29) is 9.09 Å². The number of likely N-dealkylation sites (N-methyl/N-ethyl adjacent to an activating group) is 1. The van der Waals surface area contributed by atoms with E-state index >= 15 is 0 Å². The van der Waals surface area contributed by atoms with E-state index < -0.39 is 28.1 Å². The quantitative estimate of drug-likeness (QED) is 0.874. The van der Waals surface area contributed by atoms with Crippen LogP contribution in [0.5, 0.6) is 0 Å². The van der Waals surface area contributed by atoms with Gasteiger partial charge in [-0.3, -0.25) is 0 Å². The molecule has 2 N–H and O–H groups in total. The molecule has 2 unspecified atom stereocenters. The van der Waals surface area contributed by atoms with Crippen molar-refractivity contribution in [2.24, 2.45) is 0 Å². The van der Waals surface area contributed by atoms with Gasteiger partial charge in [0.2, 0.25) is 0 Å². The molecular formula is C12H17NO5S2. The van der Waals surface area contributed by atoms with Gasteiger partial charge in [-0.15, -0.1) is 11.3 Å². The van der Waals surface area contributed by atoms with Crippen LogP contribution in [0.2, 0.25) is 0 Å². The van der Waals surface area contributed by atoms with Gasteiger partial charge in [-0.05, 0) is 25.0 Å². The van der Waals surface area contributed by atoms with Crippen LogP contribution in [0.15, 0.2) is 16.3 Å². The number of sulfonamides is 1. The average Bonchev–Trinajstić information content (AvgIpc) is 2.89. The molecule has 1 fully saturated rings. The molecular weight excluding hydrogens is 302 g/mol. The van der Waals surface area contributed by atoms with Gasteiger partial charge in [0.05, 0.1) is 12.1 Å². The van der Waals surface area contributed by atoms with Gasteiger partial charge < -0.3 is 10.2 Å². The van der Waals surface area contributed by atoms with E-state index in [2.05, 4.69) is 0 Å². The lowest BCUT2D eigenvalue weighted by atomic mass is 9.93. The maximum absolute atomic E-state index is 12.4. The van der Waals surface area contributed by atoms with E-state index in [1.165, 1.54) is 23.5 Å². The first-order valence-corrected chi connectivity index (χ1v) is 8.59. The summed E-state index contributed by atoms with van der Waals surface area (Å²) in [6, 6.07) is 2.14. The second kappa shape index (κ2) is 5.80. The maximum Gasteiger partial charge on any atom is 0.345 e. The Balaban J connectivity index is 2.26. The molecule has 8 heteroatoms. The zero-order valence-corrected chi connectivity index (χ0v) is 12.7. The SMILES string of the molecule is CN(C1CCCCC1O)S(=O)(=O)c1ccc(C(=O)O)s1. The van der Waals surface area contributed by atoms with Crippen molar-refractivity contribution in [3.05, 3.63) is 17.0 Å². The fraction of sp³-hybridized carbons (Fsp3) is 0.583. The minimum Gasteiger partial charge on any atom is -0.477 e. The number of rotatable bonds is 4. The number of carbonyl (C=O) groups is 1. The minimum atomic E-state index is -3.76. The van der Waals surface area contributed by atoms with Gasteiger partial charge in [-0.1, -0.05) is 12.8 Å². The van der Waals surface area contributed by atoms with Crippen molar-refractivity contribution in [3.8, 4) is 0 Å². The lowest BCUT2D eigenvalue weighted by Crippen LogP contribution is -2.45. The van der Waals surface area contributed by atoms with Crippen molar-refractivity contribution in [1.82, 2.24) is 4.31 Å². The second-order valence-electron chi connectivity index (χ2n) is 4.86. The van der Waals surface area contributed by atoms with Gasteiger partial charge in [-0.2, -0.15) is 4.31 Å².